The van der Waals surface area contributed by atoms with Crippen LogP contribution in [-0.2, 0) is 19.6 Å². The SMILES string of the molecule is CCOC(=O)/C(C)=C/c1ccc(OS(=O)(=O)C(F)(F)F)c(OCC)c1. The highest BCUT2D eigenvalue weighted by Gasteiger charge is 2.48. The fourth-order valence-electron chi connectivity index (χ4n) is 1.67. The van der Waals surface area contributed by atoms with Gasteiger partial charge in [-0.05, 0) is 44.5 Å². The van der Waals surface area contributed by atoms with Crippen LogP contribution >= 0.6 is 0 Å². The first-order valence-electron chi connectivity index (χ1n) is 7.14. The average molecular weight is 382 g/mol. The fraction of sp³-hybridized carbons (Fsp3) is 0.400. The molecule has 1 aromatic carbocycles. The third-order valence-electron chi connectivity index (χ3n) is 2.73. The number of esters is 1. The lowest BCUT2D eigenvalue weighted by Crippen LogP contribution is -2.28. The minimum atomic E-state index is -5.82. The van der Waals surface area contributed by atoms with E-state index in [-0.39, 0.29) is 24.5 Å². The molecule has 1 aromatic rings. The molecular formula is C15H17F3O6S. The second-order valence-electron chi connectivity index (χ2n) is 4.67. The zero-order valence-corrected chi connectivity index (χ0v) is 14.5. The molecule has 25 heavy (non-hydrogen) atoms. The Morgan fingerprint density at radius 3 is 2.32 bits per heavy atom. The van der Waals surface area contributed by atoms with Crippen LogP contribution in [0.25, 0.3) is 6.08 Å². The van der Waals surface area contributed by atoms with Gasteiger partial charge in [-0.25, -0.2) is 4.79 Å². The maximum Gasteiger partial charge on any atom is 0.534 e. The van der Waals surface area contributed by atoms with Crippen molar-refractivity contribution in [2.24, 2.45) is 0 Å². The van der Waals surface area contributed by atoms with E-state index in [9.17, 15) is 26.4 Å². The van der Waals surface area contributed by atoms with Crippen LogP contribution in [0.15, 0.2) is 23.8 Å². The summed E-state index contributed by atoms with van der Waals surface area (Å²) in [6.07, 6.45) is 1.42. The Balaban J connectivity index is 3.20. The molecule has 0 atom stereocenters. The van der Waals surface area contributed by atoms with Gasteiger partial charge in [0.15, 0.2) is 11.5 Å². The van der Waals surface area contributed by atoms with Crippen LogP contribution < -0.4 is 8.92 Å². The lowest BCUT2D eigenvalue weighted by atomic mass is 10.1. The van der Waals surface area contributed by atoms with E-state index < -0.39 is 27.3 Å². The third kappa shape index (κ3) is 5.66. The van der Waals surface area contributed by atoms with Crippen LogP contribution in [0.4, 0.5) is 13.2 Å². The molecule has 6 nitrogen and oxygen atoms in total. The minimum absolute atomic E-state index is 0.0620. The van der Waals surface area contributed by atoms with Gasteiger partial charge in [-0.3, -0.25) is 0 Å². The van der Waals surface area contributed by atoms with Crippen LogP contribution in [0.1, 0.15) is 26.3 Å². The molecule has 0 saturated carbocycles. The van der Waals surface area contributed by atoms with Gasteiger partial charge in [0.2, 0.25) is 0 Å². The summed E-state index contributed by atoms with van der Waals surface area (Å²) in [4.78, 5) is 11.6. The topological polar surface area (TPSA) is 78.9 Å². The molecule has 0 amide bonds. The summed E-state index contributed by atoms with van der Waals surface area (Å²) in [6.45, 7) is 4.96. The second kappa shape index (κ2) is 8.24. The Morgan fingerprint density at radius 2 is 1.80 bits per heavy atom. The van der Waals surface area contributed by atoms with E-state index in [0.717, 1.165) is 6.07 Å². The Labute approximate surface area is 143 Å². The third-order valence-corrected chi connectivity index (χ3v) is 3.70. The van der Waals surface area contributed by atoms with E-state index in [4.69, 9.17) is 9.47 Å². The largest absolute Gasteiger partial charge is 0.534 e. The number of hydrogen-bond donors (Lipinski definition) is 0. The number of ether oxygens (including phenoxy) is 2. The Bertz CT molecular complexity index is 753. The van der Waals surface area contributed by atoms with Crippen LogP contribution in [-0.4, -0.2) is 33.1 Å². The predicted molar refractivity (Wildman–Crippen MR) is 83.5 cm³/mol. The molecule has 0 aliphatic rings. The first-order valence-corrected chi connectivity index (χ1v) is 8.55. The molecule has 0 radical (unpaired) electrons. The molecule has 0 saturated heterocycles. The van der Waals surface area contributed by atoms with E-state index >= 15 is 0 Å². The van der Waals surface area contributed by atoms with Crippen molar-refractivity contribution >= 4 is 22.2 Å². The summed E-state index contributed by atoms with van der Waals surface area (Å²) in [6, 6.07) is 3.55. The average Bonchev–Trinajstić information content (AvgIpc) is 2.49. The normalized spacial score (nSPS) is 12.6. The maximum atomic E-state index is 12.4. The molecule has 0 N–H and O–H groups in total. The van der Waals surface area contributed by atoms with Gasteiger partial charge in [0, 0.05) is 5.57 Å². The fourth-order valence-corrected chi connectivity index (χ4v) is 2.14. The number of rotatable bonds is 7. The summed E-state index contributed by atoms with van der Waals surface area (Å²) >= 11 is 0. The summed E-state index contributed by atoms with van der Waals surface area (Å²) < 4.78 is 73.6. The number of halogens is 3. The van der Waals surface area contributed by atoms with Crippen LogP contribution in [0.3, 0.4) is 0 Å². The monoisotopic (exact) mass is 382 g/mol. The smallest absolute Gasteiger partial charge is 0.490 e. The summed E-state index contributed by atoms with van der Waals surface area (Å²) in [5.41, 5.74) is -4.91. The predicted octanol–water partition coefficient (Wildman–Crippen LogP) is 3.28. The molecule has 0 fully saturated rings. The summed E-state index contributed by atoms with van der Waals surface area (Å²) in [5, 5.41) is 0. The van der Waals surface area contributed by atoms with Gasteiger partial charge in [-0.2, -0.15) is 21.6 Å². The van der Waals surface area contributed by atoms with Gasteiger partial charge in [-0.1, -0.05) is 6.07 Å². The molecule has 0 aromatic heterocycles. The van der Waals surface area contributed by atoms with Gasteiger partial charge in [0.1, 0.15) is 0 Å². The molecular weight excluding hydrogens is 365 g/mol. The molecule has 0 heterocycles. The van der Waals surface area contributed by atoms with Crippen LogP contribution in [0.2, 0.25) is 0 Å². The Hall–Kier alpha value is -2.23. The van der Waals surface area contributed by atoms with Crippen LogP contribution in [0.5, 0.6) is 11.5 Å². The molecule has 1 rings (SSSR count). The number of alkyl halides is 3. The van der Waals surface area contributed by atoms with Crippen molar-refractivity contribution in [1.82, 2.24) is 0 Å². The first kappa shape index (κ1) is 20.8. The zero-order chi connectivity index (χ0) is 19.3. The molecule has 0 spiro atoms. The summed E-state index contributed by atoms with van der Waals surface area (Å²) in [7, 11) is -5.82. The molecule has 10 heteroatoms. The van der Waals surface area contributed by atoms with E-state index in [2.05, 4.69) is 4.18 Å². The lowest BCUT2D eigenvalue weighted by Gasteiger charge is -2.13. The van der Waals surface area contributed by atoms with Crippen molar-refractivity contribution in [1.29, 1.82) is 0 Å². The number of carbonyl (C=O) groups is 1. The highest BCUT2D eigenvalue weighted by Crippen LogP contribution is 2.34. The Morgan fingerprint density at radius 1 is 1.16 bits per heavy atom. The van der Waals surface area contributed by atoms with E-state index in [1.807, 2.05) is 0 Å². The lowest BCUT2D eigenvalue weighted by molar-refractivity contribution is -0.138. The number of carbonyl (C=O) groups excluding carboxylic acids is 1. The van der Waals surface area contributed by atoms with Crippen molar-refractivity contribution in [2.45, 2.75) is 26.3 Å². The highest BCUT2D eigenvalue weighted by molar-refractivity contribution is 7.88. The van der Waals surface area contributed by atoms with E-state index in [0.29, 0.717) is 5.56 Å². The van der Waals surface area contributed by atoms with Crippen molar-refractivity contribution in [3.8, 4) is 11.5 Å². The molecule has 140 valence electrons. The molecule has 0 bridgehead atoms. The summed E-state index contributed by atoms with van der Waals surface area (Å²) in [5.74, 6) is -1.37. The molecule has 0 aliphatic carbocycles. The van der Waals surface area contributed by atoms with Crippen LogP contribution in [0, 0.1) is 0 Å². The second-order valence-corrected chi connectivity index (χ2v) is 6.21. The number of hydrogen-bond acceptors (Lipinski definition) is 6. The highest BCUT2D eigenvalue weighted by atomic mass is 32.2. The van der Waals surface area contributed by atoms with Gasteiger partial charge in [-0.15, -0.1) is 0 Å². The van der Waals surface area contributed by atoms with Crippen molar-refractivity contribution in [3.63, 3.8) is 0 Å². The minimum Gasteiger partial charge on any atom is -0.490 e. The van der Waals surface area contributed by atoms with Crippen molar-refractivity contribution < 1.29 is 40.0 Å². The number of benzene rings is 1. The van der Waals surface area contributed by atoms with Crippen molar-refractivity contribution in [3.05, 3.63) is 29.3 Å². The van der Waals surface area contributed by atoms with E-state index in [1.54, 1.807) is 13.8 Å². The zero-order valence-electron chi connectivity index (χ0n) is 13.7. The van der Waals surface area contributed by atoms with Crippen molar-refractivity contribution in [2.75, 3.05) is 13.2 Å². The molecule has 0 unspecified atom stereocenters. The maximum absolute atomic E-state index is 12.4. The standard InChI is InChI=1S/C15H17F3O6S/c1-4-22-13-9-11(8-10(3)14(19)23-5-2)6-7-12(13)24-25(20,21)15(16,17)18/h6-9H,4-5H2,1-3H3/b10-8+. The molecule has 0 aliphatic heterocycles. The van der Waals surface area contributed by atoms with Gasteiger partial charge in [0.05, 0.1) is 13.2 Å². The Kier molecular flexibility index (Phi) is 6.86. The quantitative estimate of drug-likeness (QED) is 0.312. The van der Waals surface area contributed by atoms with E-state index in [1.165, 1.54) is 25.1 Å². The first-order chi connectivity index (χ1) is 11.5. The van der Waals surface area contributed by atoms with Gasteiger partial charge < -0.3 is 13.7 Å². The van der Waals surface area contributed by atoms with Gasteiger partial charge in [0.25, 0.3) is 0 Å². The van der Waals surface area contributed by atoms with Gasteiger partial charge >= 0.3 is 21.6 Å².